The Balaban J connectivity index is 2.38. The Morgan fingerprint density at radius 2 is 2.58 bits per heavy atom. The van der Waals surface area contributed by atoms with E-state index >= 15 is 0 Å². The summed E-state index contributed by atoms with van der Waals surface area (Å²) in [5.41, 5.74) is 5.06. The first kappa shape index (κ1) is 7.30. The Hall–Kier alpha value is -1.36. The van der Waals surface area contributed by atoms with Crippen LogP contribution in [0.2, 0.25) is 0 Å². The summed E-state index contributed by atoms with van der Waals surface area (Å²) in [4.78, 5) is 16.5. The van der Waals surface area contributed by atoms with E-state index in [1.807, 2.05) is 10.6 Å². The minimum Gasteiger partial charge on any atom is -0.369 e. The quantitative estimate of drug-likeness (QED) is 0.730. The number of hydrogen-bond acceptors (Lipinski definition) is 3. The van der Waals surface area contributed by atoms with Crippen molar-refractivity contribution in [3.05, 3.63) is 23.6 Å². The second-order valence-electron chi connectivity index (χ2n) is 2.48. The highest BCUT2D eigenvalue weighted by molar-refractivity contribution is 7.17. The van der Waals surface area contributed by atoms with Crippen molar-refractivity contribution in [1.29, 1.82) is 0 Å². The molecule has 0 saturated carbocycles. The Bertz CT molecular complexity index is 388. The predicted octanol–water partition coefficient (Wildman–Crippen LogP) is 0.424. The van der Waals surface area contributed by atoms with E-state index < -0.39 is 0 Å². The minimum absolute atomic E-state index is 0.299. The number of fused-ring (bicyclic) bond motifs is 1. The van der Waals surface area contributed by atoms with Crippen molar-refractivity contribution < 1.29 is 4.79 Å². The molecular formula is C7H7N3OS. The third-order valence-corrected chi connectivity index (χ3v) is 2.54. The molecule has 0 bridgehead atoms. The lowest BCUT2D eigenvalue weighted by molar-refractivity contribution is -0.117. The van der Waals surface area contributed by atoms with Crippen molar-refractivity contribution in [3.8, 4) is 0 Å². The highest BCUT2D eigenvalue weighted by atomic mass is 32.1. The number of nitrogens with zero attached hydrogens (tertiary/aromatic N) is 2. The summed E-state index contributed by atoms with van der Waals surface area (Å²) in [6, 6.07) is 0. The number of carbonyl (C=O) groups excluding carboxylic acids is 1. The number of aromatic nitrogens is 2. The van der Waals surface area contributed by atoms with E-state index in [-0.39, 0.29) is 5.91 Å². The molecule has 2 aromatic rings. The fraction of sp³-hybridized carbons (Fsp3) is 0.143. The van der Waals surface area contributed by atoms with Crippen LogP contribution in [0, 0.1) is 0 Å². The average Bonchev–Trinajstić information content (AvgIpc) is 2.43. The summed E-state index contributed by atoms with van der Waals surface area (Å²) in [6.45, 7) is 0. The van der Waals surface area contributed by atoms with Crippen molar-refractivity contribution in [2.45, 2.75) is 6.42 Å². The van der Waals surface area contributed by atoms with Gasteiger partial charge in [0.2, 0.25) is 5.91 Å². The van der Waals surface area contributed by atoms with Crippen LogP contribution in [0.4, 0.5) is 0 Å². The standard InChI is InChI=1S/C7H7N3OS/c8-6(11)1-5-3-10-4-9-2-7(10)12-5/h2-4H,1H2,(H2,8,11). The molecule has 0 unspecified atom stereocenters. The lowest BCUT2D eigenvalue weighted by atomic mass is 10.4. The van der Waals surface area contributed by atoms with Gasteiger partial charge in [-0.3, -0.25) is 9.20 Å². The molecule has 0 aliphatic heterocycles. The zero-order valence-electron chi connectivity index (χ0n) is 6.23. The normalized spacial score (nSPS) is 10.7. The topological polar surface area (TPSA) is 60.4 Å². The van der Waals surface area contributed by atoms with Gasteiger partial charge in [0.1, 0.15) is 4.83 Å². The zero-order chi connectivity index (χ0) is 8.55. The van der Waals surface area contributed by atoms with E-state index in [2.05, 4.69) is 4.98 Å². The van der Waals surface area contributed by atoms with Crippen LogP contribution in [0.25, 0.3) is 4.83 Å². The summed E-state index contributed by atoms with van der Waals surface area (Å²) in [7, 11) is 0. The largest absolute Gasteiger partial charge is 0.369 e. The van der Waals surface area contributed by atoms with E-state index in [9.17, 15) is 4.79 Å². The molecule has 0 aliphatic rings. The molecular weight excluding hydrogens is 174 g/mol. The molecule has 5 heteroatoms. The second kappa shape index (κ2) is 2.60. The first-order valence-electron chi connectivity index (χ1n) is 3.44. The van der Waals surface area contributed by atoms with E-state index in [4.69, 9.17) is 5.73 Å². The molecule has 2 heterocycles. The first-order chi connectivity index (χ1) is 5.75. The van der Waals surface area contributed by atoms with Gasteiger partial charge < -0.3 is 5.73 Å². The molecule has 2 aromatic heterocycles. The van der Waals surface area contributed by atoms with Crippen LogP contribution in [0.15, 0.2) is 18.7 Å². The Morgan fingerprint density at radius 1 is 1.75 bits per heavy atom. The summed E-state index contributed by atoms with van der Waals surface area (Å²) < 4.78 is 1.88. The van der Waals surface area contributed by atoms with Gasteiger partial charge in [-0.15, -0.1) is 11.3 Å². The number of rotatable bonds is 2. The minimum atomic E-state index is -0.299. The molecule has 0 atom stereocenters. The predicted molar refractivity (Wildman–Crippen MR) is 46.0 cm³/mol. The van der Waals surface area contributed by atoms with Crippen molar-refractivity contribution in [3.63, 3.8) is 0 Å². The number of carbonyl (C=O) groups is 1. The molecule has 0 fully saturated rings. The van der Waals surface area contributed by atoms with Gasteiger partial charge in [-0.1, -0.05) is 0 Å². The lowest BCUT2D eigenvalue weighted by Crippen LogP contribution is -2.12. The summed E-state index contributed by atoms with van der Waals surface area (Å²) in [5.74, 6) is -0.299. The van der Waals surface area contributed by atoms with Crippen molar-refractivity contribution in [1.82, 2.24) is 9.38 Å². The van der Waals surface area contributed by atoms with Crippen molar-refractivity contribution in [2.24, 2.45) is 5.73 Å². The van der Waals surface area contributed by atoms with Crippen LogP contribution in [0.5, 0.6) is 0 Å². The van der Waals surface area contributed by atoms with Gasteiger partial charge >= 0.3 is 0 Å². The van der Waals surface area contributed by atoms with Crippen LogP contribution in [-0.2, 0) is 11.2 Å². The van der Waals surface area contributed by atoms with Gasteiger partial charge in [-0.25, -0.2) is 4.98 Å². The van der Waals surface area contributed by atoms with Crippen molar-refractivity contribution in [2.75, 3.05) is 0 Å². The van der Waals surface area contributed by atoms with E-state index in [1.54, 1.807) is 12.5 Å². The highest BCUT2D eigenvalue weighted by Gasteiger charge is 2.03. The van der Waals surface area contributed by atoms with Crippen LogP contribution in [-0.4, -0.2) is 15.3 Å². The molecule has 12 heavy (non-hydrogen) atoms. The van der Waals surface area contributed by atoms with Crippen LogP contribution in [0.1, 0.15) is 4.88 Å². The molecule has 2 N–H and O–H groups in total. The zero-order valence-corrected chi connectivity index (χ0v) is 7.04. The maximum Gasteiger partial charge on any atom is 0.222 e. The molecule has 0 aliphatic carbocycles. The van der Waals surface area contributed by atoms with Gasteiger partial charge in [-0.2, -0.15) is 0 Å². The smallest absolute Gasteiger partial charge is 0.222 e. The van der Waals surface area contributed by atoms with Gasteiger partial charge in [0, 0.05) is 11.1 Å². The highest BCUT2D eigenvalue weighted by Crippen LogP contribution is 2.17. The number of thiazole rings is 1. The molecule has 0 aromatic carbocycles. The SMILES string of the molecule is NC(=O)Cc1cn2cncc2s1. The van der Waals surface area contributed by atoms with Crippen LogP contribution in [0.3, 0.4) is 0 Å². The summed E-state index contributed by atoms with van der Waals surface area (Å²) >= 11 is 1.53. The molecule has 62 valence electrons. The summed E-state index contributed by atoms with van der Waals surface area (Å²) in [5, 5.41) is 0. The monoisotopic (exact) mass is 181 g/mol. The lowest BCUT2D eigenvalue weighted by Gasteiger charge is -1.86. The molecule has 0 radical (unpaired) electrons. The fourth-order valence-electron chi connectivity index (χ4n) is 1.04. The van der Waals surface area contributed by atoms with Crippen molar-refractivity contribution >= 4 is 22.1 Å². The van der Waals surface area contributed by atoms with Gasteiger partial charge in [0.25, 0.3) is 0 Å². The second-order valence-corrected chi connectivity index (χ2v) is 3.63. The van der Waals surface area contributed by atoms with E-state index in [0.717, 1.165) is 9.71 Å². The molecule has 1 amide bonds. The number of hydrogen-bond donors (Lipinski definition) is 1. The van der Waals surface area contributed by atoms with Crippen LogP contribution < -0.4 is 5.73 Å². The molecule has 0 saturated heterocycles. The Morgan fingerprint density at radius 3 is 3.25 bits per heavy atom. The average molecular weight is 181 g/mol. The summed E-state index contributed by atoms with van der Waals surface area (Å²) in [6.07, 6.45) is 5.65. The third-order valence-electron chi connectivity index (χ3n) is 1.50. The number of primary amides is 1. The number of imidazole rings is 1. The fourth-order valence-corrected chi connectivity index (χ4v) is 2.01. The number of nitrogens with two attached hydrogens (primary N) is 1. The van der Waals surface area contributed by atoms with Crippen LogP contribution >= 0.6 is 11.3 Å². The molecule has 4 nitrogen and oxygen atoms in total. The Labute approximate surface area is 72.6 Å². The maximum atomic E-state index is 10.6. The maximum absolute atomic E-state index is 10.6. The first-order valence-corrected chi connectivity index (χ1v) is 4.26. The van der Waals surface area contributed by atoms with Gasteiger partial charge in [0.05, 0.1) is 18.9 Å². The van der Waals surface area contributed by atoms with Gasteiger partial charge in [0.15, 0.2) is 0 Å². The third kappa shape index (κ3) is 1.18. The van der Waals surface area contributed by atoms with E-state index in [1.165, 1.54) is 11.3 Å². The van der Waals surface area contributed by atoms with Gasteiger partial charge in [-0.05, 0) is 0 Å². The molecule has 0 spiro atoms. The molecule has 2 rings (SSSR count). The Kier molecular flexibility index (Phi) is 1.58. The number of amides is 1. The van der Waals surface area contributed by atoms with E-state index in [0.29, 0.717) is 6.42 Å².